The minimum absolute atomic E-state index is 0.861. The second kappa shape index (κ2) is 13.2. The van der Waals surface area contributed by atoms with Gasteiger partial charge in [0.25, 0.3) is 5.52 Å². The van der Waals surface area contributed by atoms with Gasteiger partial charge < -0.3 is 14.1 Å². The molecule has 2 heterocycles. The van der Waals surface area contributed by atoms with Crippen LogP contribution in [0.4, 0.5) is 5.69 Å². The zero-order valence-corrected chi connectivity index (χ0v) is 25.6. The Labute approximate surface area is 255 Å². The summed E-state index contributed by atoms with van der Waals surface area (Å²) in [6.07, 6.45) is 9.68. The van der Waals surface area contributed by atoms with Crippen molar-refractivity contribution < 1.29 is 13.7 Å². The van der Waals surface area contributed by atoms with E-state index in [1.165, 1.54) is 27.8 Å². The number of nitrogens with zero attached hydrogens (tertiary/aromatic N) is 2. The van der Waals surface area contributed by atoms with Crippen LogP contribution in [0.5, 0.6) is 5.75 Å². The number of oxazole rings is 1. The average molecular weight is 570 g/mol. The molecule has 1 aliphatic heterocycles. The normalized spacial score (nSPS) is 14.0. The fourth-order valence-corrected chi connectivity index (χ4v) is 5.69. The van der Waals surface area contributed by atoms with Crippen LogP contribution in [0.1, 0.15) is 58.8 Å². The van der Waals surface area contributed by atoms with Crippen molar-refractivity contribution in [3.8, 4) is 28.0 Å². The molecule has 4 nitrogen and oxygen atoms in total. The molecule has 0 fully saturated rings. The Morgan fingerprint density at radius 2 is 1.42 bits per heavy atom. The maximum absolute atomic E-state index is 6.51. The van der Waals surface area contributed by atoms with Gasteiger partial charge in [-0.05, 0) is 58.9 Å². The predicted molar refractivity (Wildman–Crippen MR) is 178 cm³/mol. The average Bonchev–Trinajstić information content (AvgIpc) is 3.58. The lowest BCUT2D eigenvalue weighted by molar-refractivity contribution is -0.678. The van der Waals surface area contributed by atoms with Crippen LogP contribution in [0.15, 0.2) is 119 Å². The first-order valence-electron chi connectivity index (χ1n) is 15.8. The number of anilines is 1. The Kier molecular flexibility index (Phi) is 8.74. The Balaban J connectivity index is 1.38. The van der Waals surface area contributed by atoms with E-state index in [2.05, 4.69) is 139 Å². The number of hydrogen-bond acceptors (Lipinski definition) is 3. The molecule has 6 rings (SSSR count). The van der Waals surface area contributed by atoms with E-state index in [4.69, 9.17) is 9.15 Å². The van der Waals surface area contributed by atoms with Crippen molar-refractivity contribution >= 4 is 22.9 Å². The van der Waals surface area contributed by atoms with E-state index in [9.17, 15) is 0 Å². The van der Waals surface area contributed by atoms with Crippen LogP contribution in [0.25, 0.3) is 39.4 Å². The number of rotatable bonds is 11. The van der Waals surface area contributed by atoms with E-state index >= 15 is 0 Å². The van der Waals surface area contributed by atoms with Gasteiger partial charge in [-0.15, -0.1) is 0 Å². The number of ether oxygens (including phenoxy) is 1. The Hall–Kier alpha value is -4.57. The largest absolute Gasteiger partial charge is 0.439 e. The second-order valence-electron chi connectivity index (χ2n) is 11.2. The molecule has 0 N–H and O–H groups in total. The Bertz CT molecular complexity index is 1750. The highest BCUT2D eigenvalue weighted by Gasteiger charge is 2.27. The number of aryl methyl sites for hydroxylation is 1. The highest BCUT2D eigenvalue weighted by atomic mass is 16.5. The van der Waals surface area contributed by atoms with Crippen LogP contribution in [-0.2, 0) is 6.54 Å². The smallest absolute Gasteiger partial charge is 0.374 e. The maximum Gasteiger partial charge on any atom is 0.374 e. The van der Waals surface area contributed by atoms with Crippen molar-refractivity contribution in [1.29, 1.82) is 0 Å². The molecule has 0 saturated carbocycles. The number of fused-ring (bicyclic) bond motifs is 2. The van der Waals surface area contributed by atoms with Gasteiger partial charge in [0.05, 0.1) is 11.8 Å². The molecule has 4 heteroatoms. The zero-order valence-electron chi connectivity index (χ0n) is 25.6. The lowest BCUT2D eigenvalue weighted by Gasteiger charge is -2.19. The minimum atomic E-state index is 0.861. The van der Waals surface area contributed by atoms with Crippen molar-refractivity contribution in [2.75, 3.05) is 11.4 Å². The summed E-state index contributed by atoms with van der Waals surface area (Å²) in [4.78, 5) is 2.34. The number of benzene rings is 4. The van der Waals surface area contributed by atoms with Crippen LogP contribution in [0.3, 0.4) is 0 Å². The highest BCUT2D eigenvalue weighted by molar-refractivity contribution is 5.79. The summed E-state index contributed by atoms with van der Waals surface area (Å²) in [5.74, 6) is 2.67. The molecule has 1 aromatic heterocycles. The summed E-state index contributed by atoms with van der Waals surface area (Å²) in [6.45, 7) is 8.49. The molecule has 0 saturated heterocycles. The summed E-state index contributed by atoms with van der Waals surface area (Å²) in [7, 11) is 0. The van der Waals surface area contributed by atoms with Crippen LogP contribution in [0.2, 0.25) is 0 Å². The Morgan fingerprint density at radius 3 is 2.09 bits per heavy atom. The number of allylic oxidation sites excluding steroid dienone is 2. The van der Waals surface area contributed by atoms with Crippen LogP contribution >= 0.6 is 0 Å². The topological polar surface area (TPSA) is 29.5 Å². The van der Waals surface area contributed by atoms with Gasteiger partial charge in [0, 0.05) is 25.1 Å². The summed E-state index contributed by atoms with van der Waals surface area (Å²) < 4.78 is 15.3. The van der Waals surface area contributed by atoms with Gasteiger partial charge in [-0.3, -0.25) is 0 Å². The highest BCUT2D eigenvalue weighted by Crippen LogP contribution is 2.42. The molecule has 0 atom stereocenters. The molecule has 5 aromatic rings. The molecule has 0 bridgehead atoms. The fraction of sp³-hybridized carbons (Fsp3) is 0.256. The SMILES string of the molecule is CCCCN1C(=CC(=Cc2oc3ccc(-c4ccccc4)cc3[n+]2CCCC)CC)Oc2ccc(-c3ccccc3)cc21. The van der Waals surface area contributed by atoms with Gasteiger partial charge in [0.2, 0.25) is 11.5 Å². The molecule has 1 aliphatic rings. The molecule has 0 spiro atoms. The van der Waals surface area contributed by atoms with Crippen molar-refractivity contribution in [3.05, 3.63) is 120 Å². The summed E-state index contributed by atoms with van der Waals surface area (Å²) >= 11 is 0. The predicted octanol–water partition coefficient (Wildman–Crippen LogP) is 10.2. The van der Waals surface area contributed by atoms with Gasteiger partial charge in [0.15, 0.2) is 12.3 Å². The van der Waals surface area contributed by atoms with Crippen molar-refractivity contribution in [1.82, 2.24) is 0 Å². The first-order valence-corrected chi connectivity index (χ1v) is 15.8. The van der Waals surface area contributed by atoms with E-state index in [0.717, 1.165) is 79.5 Å². The van der Waals surface area contributed by atoms with Crippen molar-refractivity contribution in [2.24, 2.45) is 0 Å². The monoisotopic (exact) mass is 569 g/mol. The first-order chi connectivity index (χ1) is 21.2. The molecule has 0 unspecified atom stereocenters. The molecular weight excluding hydrogens is 528 g/mol. The molecule has 4 aromatic carbocycles. The van der Waals surface area contributed by atoms with E-state index in [-0.39, 0.29) is 0 Å². The van der Waals surface area contributed by atoms with E-state index in [1.807, 2.05) is 0 Å². The van der Waals surface area contributed by atoms with Gasteiger partial charge in [0.1, 0.15) is 0 Å². The van der Waals surface area contributed by atoms with Gasteiger partial charge in [-0.2, -0.15) is 4.57 Å². The third-order valence-corrected chi connectivity index (χ3v) is 8.17. The van der Waals surface area contributed by atoms with Crippen LogP contribution in [0, 0.1) is 0 Å². The fourth-order valence-electron chi connectivity index (χ4n) is 5.69. The summed E-state index contributed by atoms with van der Waals surface area (Å²) in [5, 5.41) is 0. The van der Waals surface area contributed by atoms with Gasteiger partial charge >= 0.3 is 5.89 Å². The molecule has 218 valence electrons. The lowest BCUT2D eigenvalue weighted by Crippen LogP contribution is -2.35. The number of aromatic nitrogens is 1. The number of unbranched alkanes of at least 4 members (excludes halogenated alkanes) is 2. The van der Waals surface area contributed by atoms with E-state index in [0.29, 0.717) is 0 Å². The second-order valence-corrected chi connectivity index (χ2v) is 11.2. The molecule has 0 amide bonds. The van der Waals surface area contributed by atoms with E-state index < -0.39 is 0 Å². The van der Waals surface area contributed by atoms with E-state index in [1.54, 1.807) is 0 Å². The van der Waals surface area contributed by atoms with Crippen molar-refractivity contribution in [3.63, 3.8) is 0 Å². The van der Waals surface area contributed by atoms with Gasteiger partial charge in [-0.1, -0.05) is 106 Å². The van der Waals surface area contributed by atoms with Crippen LogP contribution < -0.4 is 14.2 Å². The molecular formula is C39H41N2O2+. The quantitative estimate of drug-likeness (QED) is 0.148. The van der Waals surface area contributed by atoms with Gasteiger partial charge in [-0.25, -0.2) is 0 Å². The molecule has 0 radical (unpaired) electrons. The third kappa shape index (κ3) is 6.15. The Morgan fingerprint density at radius 1 is 0.744 bits per heavy atom. The minimum Gasteiger partial charge on any atom is -0.439 e. The summed E-state index contributed by atoms with van der Waals surface area (Å²) in [5.41, 5.74) is 9.16. The standard InChI is InChI=1S/C39H41N2O2/c1-4-7-23-40-34-27-32(30-15-11-9-12-16-30)19-21-36(34)42-38(40)25-29(6-3)26-39-41(24-8-5-2)35-28-33(20-22-37(35)43-39)31-17-13-10-14-18-31/h9-22,25-28H,4-8,23-24H2,1-3H3/q+1. The zero-order chi connectivity index (χ0) is 29.6. The van der Waals surface area contributed by atoms with Crippen molar-refractivity contribution in [2.45, 2.75) is 59.4 Å². The maximum atomic E-state index is 6.51. The molecule has 43 heavy (non-hydrogen) atoms. The molecule has 0 aliphatic carbocycles. The summed E-state index contributed by atoms with van der Waals surface area (Å²) in [6, 6.07) is 34.2. The first kappa shape index (κ1) is 28.5. The third-order valence-electron chi connectivity index (χ3n) is 8.17. The lowest BCUT2D eigenvalue weighted by atomic mass is 10.0. The number of hydrogen-bond donors (Lipinski definition) is 0. The van der Waals surface area contributed by atoms with Crippen LogP contribution in [-0.4, -0.2) is 6.54 Å².